The number of halogens is 3. The molecular formula is C26H26ClF2NO. The average Bonchev–Trinajstić information content (AvgIpc) is 2.75. The molecule has 0 aromatic heterocycles. The number of rotatable bonds is 10. The van der Waals surface area contributed by atoms with Crippen LogP contribution in [0, 0.1) is 18.6 Å². The molecule has 3 aromatic carbocycles. The Kier molecular flexibility index (Phi) is 8.19. The van der Waals surface area contributed by atoms with Gasteiger partial charge in [-0.25, -0.2) is 8.78 Å². The lowest BCUT2D eigenvalue weighted by atomic mass is 10.0. The maximum Gasteiger partial charge on any atom is 0.137 e. The molecular weight excluding hydrogens is 416 g/mol. The molecule has 0 heterocycles. The number of Topliss-reactive ketones (excluding diaryl/α,β-unsaturated/α-hetero) is 1. The SMILES string of the molecule is Cc1cc(CC(=O)CCCCCN(c2ccc(F)cc2)c2ccc(F)cc2)ccc1Cl. The number of anilines is 2. The largest absolute Gasteiger partial charge is 0.341 e. The molecule has 0 unspecified atom stereocenters. The zero-order chi connectivity index (χ0) is 22.2. The fourth-order valence-electron chi connectivity index (χ4n) is 3.55. The van der Waals surface area contributed by atoms with Gasteiger partial charge in [-0.3, -0.25) is 4.79 Å². The van der Waals surface area contributed by atoms with Crippen LogP contribution in [0.1, 0.15) is 36.8 Å². The van der Waals surface area contributed by atoms with Crippen molar-refractivity contribution >= 4 is 28.8 Å². The van der Waals surface area contributed by atoms with Gasteiger partial charge in [-0.05, 0) is 85.5 Å². The molecule has 0 saturated heterocycles. The molecule has 5 heteroatoms. The van der Waals surface area contributed by atoms with Crippen LogP contribution in [0.2, 0.25) is 5.02 Å². The molecule has 3 aromatic rings. The first-order valence-corrected chi connectivity index (χ1v) is 10.9. The molecule has 0 saturated carbocycles. The molecule has 0 aliphatic heterocycles. The van der Waals surface area contributed by atoms with Gasteiger partial charge >= 0.3 is 0 Å². The highest BCUT2D eigenvalue weighted by atomic mass is 35.5. The number of carbonyl (C=O) groups is 1. The Labute approximate surface area is 187 Å². The van der Waals surface area contributed by atoms with Gasteiger partial charge in [0.1, 0.15) is 17.4 Å². The van der Waals surface area contributed by atoms with E-state index in [1.165, 1.54) is 24.3 Å². The van der Waals surface area contributed by atoms with Crippen LogP contribution in [0.4, 0.5) is 20.2 Å². The maximum atomic E-state index is 13.3. The smallest absolute Gasteiger partial charge is 0.137 e. The Morgan fingerprint density at radius 1 is 0.839 bits per heavy atom. The van der Waals surface area contributed by atoms with Crippen LogP contribution in [-0.4, -0.2) is 12.3 Å². The number of hydrogen-bond donors (Lipinski definition) is 0. The van der Waals surface area contributed by atoms with Gasteiger partial charge in [-0.2, -0.15) is 0 Å². The Morgan fingerprint density at radius 3 is 1.97 bits per heavy atom. The van der Waals surface area contributed by atoms with Gasteiger partial charge in [0, 0.05) is 35.8 Å². The highest BCUT2D eigenvalue weighted by Crippen LogP contribution is 2.26. The highest BCUT2D eigenvalue weighted by molar-refractivity contribution is 6.31. The zero-order valence-electron chi connectivity index (χ0n) is 17.6. The topological polar surface area (TPSA) is 20.3 Å². The first-order chi connectivity index (χ1) is 14.9. The van der Waals surface area contributed by atoms with E-state index in [-0.39, 0.29) is 17.4 Å². The molecule has 0 atom stereocenters. The Hall–Kier alpha value is -2.72. The number of nitrogens with zero attached hydrogens (tertiary/aromatic N) is 1. The van der Waals surface area contributed by atoms with E-state index >= 15 is 0 Å². The number of carbonyl (C=O) groups excluding carboxylic acids is 1. The van der Waals surface area contributed by atoms with E-state index in [4.69, 9.17) is 11.6 Å². The second-order valence-electron chi connectivity index (χ2n) is 7.71. The summed E-state index contributed by atoms with van der Waals surface area (Å²) in [4.78, 5) is 14.3. The van der Waals surface area contributed by atoms with Crippen LogP contribution in [0.25, 0.3) is 0 Å². The summed E-state index contributed by atoms with van der Waals surface area (Å²) in [5, 5.41) is 0.711. The van der Waals surface area contributed by atoms with Crippen LogP contribution in [-0.2, 0) is 11.2 Å². The minimum Gasteiger partial charge on any atom is -0.341 e. The summed E-state index contributed by atoms with van der Waals surface area (Å²) < 4.78 is 26.6. The first-order valence-electron chi connectivity index (χ1n) is 10.5. The van der Waals surface area contributed by atoms with Crippen molar-refractivity contribution in [1.82, 2.24) is 0 Å². The third kappa shape index (κ3) is 6.90. The molecule has 162 valence electrons. The molecule has 0 bridgehead atoms. The average molecular weight is 442 g/mol. The lowest BCUT2D eigenvalue weighted by Crippen LogP contribution is -2.18. The van der Waals surface area contributed by atoms with E-state index in [2.05, 4.69) is 0 Å². The van der Waals surface area contributed by atoms with Gasteiger partial charge in [0.25, 0.3) is 0 Å². The van der Waals surface area contributed by atoms with E-state index < -0.39 is 0 Å². The summed E-state index contributed by atoms with van der Waals surface area (Å²) in [5.41, 5.74) is 3.67. The van der Waals surface area contributed by atoms with E-state index in [9.17, 15) is 13.6 Å². The normalized spacial score (nSPS) is 10.8. The summed E-state index contributed by atoms with van der Waals surface area (Å²) in [6.07, 6.45) is 3.53. The van der Waals surface area contributed by atoms with E-state index in [1.54, 1.807) is 24.3 Å². The summed E-state index contributed by atoms with van der Waals surface area (Å²) in [6, 6.07) is 18.2. The molecule has 0 radical (unpaired) electrons. The fraction of sp³-hybridized carbons (Fsp3) is 0.269. The van der Waals surface area contributed by atoms with Gasteiger partial charge in [0.2, 0.25) is 0 Å². The van der Waals surface area contributed by atoms with Crippen molar-refractivity contribution in [3.8, 4) is 0 Å². The number of hydrogen-bond acceptors (Lipinski definition) is 2. The summed E-state index contributed by atoms with van der Waals surface area (Å²) >= 11 is 6.04. The summed E-state index contributed by atoms with van der Waals surface area (Å²) in [5.74, 6) is -0.370. The van der Waals surface area contributed by atoms with Crippen LogP contribution >= 0.6 is 11.6 Å². The van der Waals surface area contributed by atoms with Crippen molar-refractivity contribution in [3.05, 3.63) is 94.5 Å². The standard InChI is InChI=1S/C26H26ClF2NO/c1-19-17-20(6-15-26(19)27)18-25(31)5-3-2-4-16-30(23-11-7-21(28)8-12-23)24-13-9-22(29)10-14-24/h6-15,17H,2-5,16,18H2,1H3. The summed E-state index contributed by atoms with van der Waals surface area (Å²) in [6.45, 7) is 2.63. The van der Waals surface area contributed by atoms with Crippen molar-refractivity contribution in [2.24, 2.45) is 0 Å². The third-order valence-corrected chi connectivity index (χ3v) is 5.66. The molecule has 3 rings (SSSR count). The van der Waals surface area contributed by atoms with Gasteiger partial charge in [0.15, 0.2) is 0 Å². The predicted molar refractivity (Wildman–Crippen MR) is 123 cm³/mol. The zero-order valence-corrected chi connectivity index (χ0v) is 18.3. The van der Waals surface area contributed by atoms with Crippen LogP contribution in [0.5, 0.6) is 0 Å². The predicted octanol–water partition coefficient (Wildman–Crippen LogP) is 7.44. The molecule has 0 aliphatic carbocycles. The monoisotopic (exact) mass is 441 g/mol. The Balaban J connectivity index is 1.51. The quantitative estimate of drug-likeness (QED) is 0.305. The lowest BCUT2D eigenvalue weighted by Gasteiger charge is -2.25. The lowest BCUT2D eigenvalue weighted by molar-refractivity contribution is -0.118. The first kappa shape index (κ1) is 23.0. The second-order valence-corrected chi connectivity index (χ2v) is 8.12. The molecule has 0 amide bonds. The molecule has 31 heavy (non-hydrogen) atoms. The number of unbranched alkanes of at least 4 members (excludes halogenated alkanes) is 2. The Morgan fingerprint density at radius 2 is 1.42 bits per heavy atom. The number of ketones is 1. The van der Waals surface area contributed by atoms with Gasteiger partial charge in [0.05, 0.1) is 0 Å². The van der Waals surface area contributed by atoms with Crippen molar-refractivity contribution in [1.29, 1.82) is 0 Å². The van der Waals surface area contributed by atoms with Crippen LogP contribution in [0.15, 0.2) is 66.7 Å². The minimum atomic E-state index is -0.294. The minimum absolute atomic E-state index is 0.218. The van der Waals surface area contributed by atoms with E-state index in [1.807, 2.05) is 30.0 Å². The summed E-state index contributed by atoms with van der Waals surface area (Å²) in [7, 11) is 0. The molecule has 0 N–H and O–H groups in total. The van der Waals surface area contributed by atoms with Crippen molar-refractivity contribution in [2.75, 3.05) is 11.4 Å². The fourth-order valence-corrected chi connectivity index (χ4v) is 3.67. The third-order valence-electron chi connectivity index (χ3n) is 5.24. The van der Waals surface area contributed by atoms with Gasteiger partial charge in [-0.1, -0.05) is 30.2 Å². The number of aryl methyl sites for hydroxylation is 1. The van der Waals surface area contributed by atoms with Crippen molar-refractivity contribution < 1.29 is 13.6 Å². The Bertz CT molecular complexity index is 957. The molecule has 0 aliphatic rings. The highest BCUT2D eigenvalue weighted by Gasteiger charge is 2.11. The van der Waals surface area contributed by atoms with Crippen LogP contribution < -0.4 is 4.90 Å². The number of benzene rings is 3. The maximum absolute atomic E-state index is 13.3. The molecule has 2 nitrogen and oxygen atoms in total. The van der Waals surface area contributed by atoms with E-state index in [0.717, 1.165) is 41.8 Å². The molecule has 0 spiro atoms. The van der Waals surface area contributed by atoms with Crippen LogP contribution in [0.3, 0.4) is 0 Å². The van der Waals surface area contributed by atoms with Gasteiger partial charge < -0.3 is 4.90 Å². The van der Waals surface area contributed by atoms with Crippen molar-refractivity contribution in [2.45, 2.75) is 39.0 Å². The molecule has 0 fully saturated rings. The van der Waals surface area contributed by atoms with E-state index in [0.29, 0.717) is 24.4 Å². The van der Waals surface area contributed by atoms with Crippen molar-refractivity contribution in [3.63, 3.8) is 0 Å². The second kappa shape index (κ2) is 11.1. The van der Waals surface area contributed by atoms with Gasteiger partial charge in [-0.15, -0.1) is 0 Å².